The molecule has 1 aromatic rings. The van der Waals surface area contributed by atoms with Crippen molar-refractivity contribution in [3.05, 3.63) is 18.0 Å². The minimum Gasteiger partial charge on any atom is -0.342 e. The molecule has 1 rings (SSSR count). The van der Waals surface area contributed by atoms with Crippen LogP contribution in [0.1, 0.15) is 19.5 Å². The minimum absolute atomic E-state index is 0.127. The lowest BCUT2D eigenvalue weighted by Gasteiger charge is -2.18. The Morgan fingerprint density at radius 2 is 2.14 bits per heavy atom. The average molecular weight is 195 g/mol. The molecule has 0 aliphatic heterocycles. The third kappa shape index (κ3) is 2.34. The predicted molar refractivity (Wildman–Crippen MR) is 54.9 cm³/mol. The van der Waals surface area contributed by atoms with E-state index in [1.54, 1.807) is 15.8 Å². The Kier molecular flexibility index (Phi) is 3.68. The van der Waals surface area contributed by atoms with Crippen molar-refractivity contribution in [2.24, 2.45) is 0 Å². The second-order valence-corrected chi connectivity index (χ2v) is 3.20. The number of rotatable bonds is 4. The summed E-state index contributed by atoms with van der Waals surface area (Å²) in [4.78, 5) is 13.5. The number of amides is 1. The average Bonchev–Trinajstić information content (AvgIpc) is 2.54. The van der Waals surface area contributed by atoms with Crippen molar-refractivity contribution in [1.29, 1.82) is 0 Å². The first-order valence-corrected chi connectivity index (χ1v) is 4.95. The molecule has 0 atom stereocenters. The fraction of sp³-hybridized carbons (Fsp3) is 0.600. The number of carbonyl (C=O) groups is 1. The van der Waals surface area contributed by atoms with Crippen LogP contribution in [0, 0.1) is 6.92 Å². The van der Waals surface area contributed by atoms with Crippen molar-refractivity contribution >= 4 is 5.91 Å². The summed E-state index contributed by atoms with van der Waals surface area (Å²) in [5.74, 6) is 0.127. The van der Waals surface area contributed by atoms with E-state index in [0.717, 1.165) is 18.8 Å². The Bertz CT molecular complexity index is 302. The summed E-state index contributed by atoms with van der Waals surface area (Å²) in [7, 11) is 0. The Labute approximate surface area is 84.5 Å². The van der Waals surface area contributed by atoms with Crippen molar-refractivity contribution in [3.63, 3.8) is 0 Å². The largest absolute Gasteiger partial charge is 0.342 e. The van der Waals surface area contributed by atoms with Crippen LogP contribution in [0.2, 0.25) is 0 Å². The van der Waals surface area contributed by atoms with Gasteiger partial charge in [-0.3, -0.25) is 9.48 Å². The van der Waals surface area contributed by atoms with Gasteiger partial charge < -0.3 is 4.90 Å². The van der Waals surface area contributed by atoms with E-state index in [9.17, 15) is 4.79 Å². The first-order valence-electron chi connectivity index (χ1n) is 4.95. The Balaban J connectivity index is 2.61. The standard InChI is InChI=1S/C10H17N3O/c1-4-12(5-2)10(14)8-13-9(3)6-7-11-13/h6-7H,4-5,8H2,1-3H3. The van der Waals surface area contributed by atoms with Crippen LogP contribution in [-0.2, 0) is 11.3 Å². The summed E-state index contributed by atoms with van der Waals surface area (Å²) in [6.07, 6.45) is 1.71. The van der Waals surface area contributed by atoms with E-state index in [2.05, 4.69) is 5.10 Å². The van der Waals surface area contributed by atoms with Gasteiger partial charge in [-0.25, -0.2) is 0 Å². The monoisotopic (exact) mass is 195 g/mol. The first kappa shape index (κ1) is 10.8. The molecule has 4 nitrogen and oxygen atoms in total. The Hall–Kier alpha value is -1.32. The van der Waals surface area contributed by atoms with Gasteiger partial charge in [-0.05, 0) is 26.8 Å². The van der Waals surface area contributed by atoms with E-state index in [1.165, 1.54) is 0 Å². The van der Waals surface area contributed by atoms with Crippen molar-refractivity contribution in [3.8, 4) is 0 Å². The summed E-state index contributed by atoms with van der Waals surface area (Å²) in [5.41, 5.74) is 1.02. The smallest absolute Gasteiger partial charge is 0.244 e. The number of aromatic nitrogens is 2. The maximum absolute atomic E-state index is 11.7. The first-order chi connectivity index (χ1) is 6.69. The van der Waals surface area contributed by atoms with Crippen molar-refractivity contribution in [2.45, 2.75) is 27.3 Å². The number of nitrogens with zero attached hydrogens (tertiary/aromatic N) is 3. The zero-order valence-electron chi connectivity index (χ0n) is 9.03. The van der Waals surface area contributed by atoms with Gasteiger partial charge in [0.05, 0.1) is 0 Å². The maximum Gasteiger partial charge on any atom is 0.244 e. The van der Waals surface area contributed by atoms with Crippen LogP contribution < -0.4 is 0 Å². The van der Waals surface area contributed by atoms with E-state index >= 15 is 0 Å². The van der Waals surface area contributed by atoms with Gasteiger partial charge in [-0.2, -0.15) is 5.10 Å². The lowest BCUT2D eigenvalue weighted by Crippen LogP contribution is -2.33. The van der Waals surface area contributed by atoms with E-state index in [-0.39, 0.29) is 5.91 Å². The number of hydrogen-bond acceptors (Lipinski definition) is 2. The predicted octanol–water partition coefficient (Wildman–Crippen LogP) is 1.06. The van der Waals surface area contributed by atoms with E-state index in [4.69, 9.17) is 0 Å². The molecule has 0 radical (unpaired) electrons. The summed E-state index contributed by atoms with van der Waals surface area (Å²) >= 11 is 0. The molecular formula is C10H17N3O. The number of carbonyl (C=O) groups excluding carboxylic acids is 1. The molecule has 0 saturated heterocycles. The lowest BCUT2D eigenvalue weighted by molar-refractivity contribution is -0.131. The van der Waals surface area contributed by atoms with Crippen molar-refractivity contribution in [1.82, 2.24) is 14.7 Å². The molecule has 0 N–H and O–H groups in total. The van der Waals surface area contributed by atoms with Gasteiger partial charge in [-0.15, -0.1) is 0 Å². The highest BCUT2D eigenvalue weighted by Crippen LogP contribution is 1.98. The second kappa shape index (κ2) is 4.79. The van der Waals surface area contributed by atoms with E-state index < -0.39 is 0 Å². The molecule has 0 fully saturated rings. The van der Waals surface area contributed by atoms with Crippen molar-refractivity contribution in [2.75, 3.05) is 13.1 Å². The molecule has 0 saturated carbocycles. The van der Waals surface area contributed by atoms with Gasteiger partial charge >= 0.3 is 0 Å². The Morgan fingerprint density at radius 3 is 2.57 bits per heavy atom. The van der Waals surface area contributed by atoms with Crippen LogP contribution in [-0.4, -0.2) is 33.7 Å². The zero-order valence-corrected chi connectivity index (χ0v) is 9.03. The van der Waals surface area contributed by atoms with Gasteiger partial charge in [0.2, 0.25) is 5.91 Å². The molecule has 0 aliphatic carbocycles. The Morgan fingerprint density at radius 1 is 1.50 bits per heavy atom. The molecule has 1 heterocycles. The van der Waals surface area contributed by atoms with Gasteiger partial charge in [0.15, 0.2) is 0 Å². The summed E-state index contributed by atoms with van der Waals surface area (Å²) in [6.45, 7) is 7.78. The quantitative estimate of drug-likeness (QED) is 0.720. The molecule has 0 spiro atoms. The molecular weight excluding hydrogens is 178 g/mol. The lowest BCUT2D eigenvalue weighted by atomic mass is 10.4. The highest BCUT2D eigenvalue weighted by Gasteiger charge is 2.10. The number of hydrogen-bond donors (Lipinski definition) is 0. The van der Waals surface area contributed by atoms with Crippen LogP contribution in [0.15, 0.2) is 12.3 Å². The third-order valence-electron chi connectivity index (χ3n) is 2.33. The van der Waals surface area contributed by atoms with Crippen LogP contribution >= 0.6 is 0 Å². The molecule has 4 heteroatoms. The molecule has 0 aromatic carbocycles. The molecule has 0 bridgehead atoms. The van der Waals surface area contributed by atoms with Gasteiger partial charge in [0.25, 0.3) is 0 Å². The summed E-state index contributed by atoms with van der Waals surface area (Å²) in [5, 5.41) is 4.08. The van der Waals surface area contributed by atoms with Crippen LogP contribution in [0.4, 0.5) is 0 Å². The van der Waals surface area contributed by atoms with E-state index in [1.807, 2.05) is 26.8 Å². The normalized spacial score (nSPS) is 10.2. The number of likely N-dealkylation sites (N-methyl/N-ethyl adjacent to an activating group) is 1. The summed E-state index contributed by atoms with van der Waals surface area (Å²) in [6, 6.07) is 1.90. The highest BCUT2D eigenvalue weighted by molar-refractivity contribution is 5.75. The minimum atomic E-state index is 0.127. The van der Waals surface area contributed by atoms with Crippen molar-refractivity contribution < 1.29 is 4.79 Å². The fourth-order valence-electron chi connectivity index (χ4n) is 1.37. The fourth-order valence-corrected chi connectivity index (χ4v) is 1.37. The maximum atomic E-state index is 11.7. The third-order valence-corrected chi connectivity index (χ3v) is 2.33. The SMILES string of the molecule is CCN(CC)C(=O)Cn1nccc1C. The summed E-state index contributed by atoms with van der Waals surface area (Å²) < 4.78 is 1.72. The van der Waals surface area contributed by atoms with Gasteiger partial charge in [0, 0.05) is 25.0 Å². The zero-order chi connectivity index (χ0) is 10.6. The van der Waals surface area contributed by atoms with Crippen LogP contribution in [0.25, 0.3) is 0 Å². The highest BCUT2D eigenvalue weighted by atomic mass is 16.2. The van der Waals surface area contributed by atoms with E-state index in [0.29, 0.717) is 6.54 Å². The molecule has 0 aliphatic rings. The van der Waals surface area contributed by atoms with Gasteiger partial charge in [-0.1, -0.05) is 0 Å². The topological polar surface area (TPSA) is 38.1 Å². The van der Waals surface area contributed by atoms with Crippen LogP contribution in [0.5, 0.6) is 0 Å². The van der Waals surface area contributed by atoms with Gasteiger partial charge in [0.1, 0.15) is 6.54 Å². The molecule has 1 aromatic heterocycles. The molecule has 0 unspecified atom stereocenters. The number of aryl methyl sites for hydroxylation is 1. The molecule has 14 heavy (non-hydrogen) atoms. The molecule has 1 amide bonds. The molecule has 78 valence electrons. The second-order valence-electron chi connectivity index (χ2n) is 3.20. The van der Waals surface area contributed by atoms with Crippen LogP contribution in [0.3, 0.4) is 0 Å².